The fourth-order valence-corrected chi connectivity index (χ4v) is 3.72. The smallest absolute Gasteiger partial charge is 0.240 e. The molecule has 0 spiro atoms. The van der Waals surface area contributed by atoms with E-state index in [0.29, 0.717) is 16.7 Å². The molecule has 0 bridgehead atoms. The molecule has 0 aliphatic rings. The molecule has 2 aromatic heterocycles. The van der Waals surface area contributed by atoms with Gasteiger partial charge in [0.05, 0.1) is 4.90 Å². The van der Waals surface area contributed by atoms with Gasteiger partial charge in [0.15, 0.2) is 5.01 Å². The standard InChI is InChI=1S/C15H15N5O2S2/c21-24(22,12-6-2-1-3-7-12)18-11-10-17-15-20-19-14(23-15)13-8-4-5-9-16-13/h1-9,18H,10-11H2,(H,17,20). The Labute approximate surface area is 143 Å². The second kappa shape index (κ2) is 7.47. The largest absolute Gasteiger partial charge is 0.359 e. The normalized spacial score (nSPS) is 11.3. The molecule has 0 atom stereocenters. The highest BCUT2D eigenvalue weighted by Crippen LogP contribution is 2.23. The van der Waals surface area contributed by atoms with Crippen LogP contribution in [0.25, 0.3) is 10.7 Å². The molecule has 0 radical (unpaired) electrons. The van der Waals surface area contributed by atoms with Gasteiger partial charge < -0.3 is 5.32 Å². The van der Waals surface area contributed by atoms with E-state index in [9.17, 15) is 8.42 Å². The minimum Gasteiger partial charge on any atom is -0.359 e. The lowest BCUT2D eigenvalue weighted by Crippen LogP contribution is -2.28. The molecular weight excluding hydrogens is 346 g/mol. The number of hydrogen-bond donors (Lipinski definition) is 2. The molecule has 0 unspecified atom stereocenters. The molecule has 0 fully saturated rings. The molecule has 124 valence electrons. The molecule has 3 aromatic rings. The third kappa shape index (κ3) is 4.13. The molecule has 0 saturated carbocycles. The van der Waals surface area contributed by atoms with Crippen molar-refractivity contribution in [3.05, 3.63) is 54.7 Å². The topological polar surface area (TPSA) is 96.9 Å². The number of hydrogen-bond acceptors (Lipinski definition) is 7. The molecule has 9 heteroatoms. The van der Waals surface area contributed by atoms with Gasteiger partial charge in [-0.15, -0.1) is 10.2 Å². The summed E-state index contributed by atoms with van der Waals surface area (Å²) in [5.41, 5.74) is 0.757. The van der Waals surface area contributed by atoms with Gasteiger partial charge in [0, 0.05) is 19.3 Å². The first-order valence-corrected chi connectivity index (χ1v) is 9.48. The van der Waals surface area contributed by atoms with Crippen LogP contribution < -0.4 is 10.0 Å². The summed E-state index contributed by atoms with van der Waals surface area (Å²) in [6.45, 7) is 0.651. The maximum absolute atomic E-state index is 12.1. The van der Waals surface area contributed by atoms with Crippen molar-refractivity contribution < 1.29 is 8.42 Å². The minimum atomic E-state index is -3.49. The average molecular weight is 361 g/mol. The predicted molar refractivity (Wildman–Crippen MR) is 93.3 cm³/mol. The first kappa shape index (κ1) is 16.5. The summed E-state index contributed by atoms with van der Waals surface area (Å²) in [6, 6.07) is 13.8. The van der Waals surface area contributed by atoms with Crippen LogP contribution >= 0.6 is 11.3 Å². The summed E-state index contributed by atoms with van der Waals surface area (Å²) < 4.78 is 26.7. The Morgan fingerprint density at radius 3 is 2.50 bits per heavy atom. The van der Waals surface area contributed by atoms with E-state index in [0.717, 1.165) is 5.69 Å². The molecule has 2 N–H and O–H groups in total. The monoisotopic (exact) mass is 361 g/mol. The van der Waals surface area contributed by atoms with E-state index >= 15 is 0 Å². The number of anilines is 1. The van der Waals surface area contributed by atoms with Gasteiger partial charge in [0.2, 0.25) is 15.2 Å². The van der Waals surface area contributed by atoms with E-state index in [2.05, 4.69) is 25.2 Å². The maximum Gasteiger partial charge on any atom is 0.240 e. The number of pyridine rings is 1. The SMILES string of the molecule is O=S(=O)(NCCNc1nnc(-c2ccccn2)s1)c1ccccc1. The Morgan fingerprint density at radius 1 is 0.958 bits per heavy atom. The van der Waals surface area contributed by atoms with Crippen LogP contribution in [-0.2, 0) is 10.0 Å². The summed E-state index contributed by atoms with van der Waals surface area (Å²) >= 11 is 1.37. The van der Waals surface area contributed by atoms with Crippen molar-refractivity contribution in [3.63, 3.8) is 0 Å². The number of rotatable bonds is 7. The van der Waals surface area contributed by atoms with Crippen LogP contribution in [0.5, 0.6) is 0 Å². The van der Waals surface area contributed by atoms with Gasteiger partial charge in [-0.2, -0.15) is 0 Å². The lowest BCUT2D eigenvalue weighted by atomic mass is 10.4. The molecule has 3 rings (SSSR count). The Balaban J connectivity index is 1.52. The Kier molecular flexibility index (Phi) is 5.14. The van der Waals surface area contributed by atoms with Gasteiger partial charge in [-0.25, -0.2) is 13.1 Å². The number of sulfonamides is 1. The lowest BCUT2D eigenvalue weighted by Gasteiger charge is -2.06. The summed E-state index contributed by atoms with van der Waals surface area (Å²) in [7, 11) is -3.49. The third-order valence-electron chi connectivity index (χ3n) is 3.06. The van der Waals surface area contributed by atoms with Crippen molar-refractivity contribution in [1.82, 2.24) is 19.9 Å². The van der Waals surface area contributed by atoms with E-state index in [1.165, 1.54) is 11.3 Å². The second-order valence-electron chi connectivity index (χ2n) is 4.76. The van der Waals surface area contributed by atoms with Crippen molar-refractivity contribution in [3.8, 4) is 10.7 Å². The van der Waals surface area contributed by atoms with Gasteiger partial charge in [-0.05, 0) is 24.3 Å². The zero-order valence-electron chi connectivity index (χ0n) is 12.6. The number of nitrogens with one attached hydrogen (secondary N) is 2. The Bertz CT molecular complexity index is 882. The molecule has 1 aromatic carbocycles. The fraction of sp³-hybridized carbons (Fsp3) is 0.133. The summed E-state index contributed by atoms with van der Waals surface area (Å²) in [5.74, 6) is 0. The first-order valence-electron chi connectivity index (χ1n) is 7.19. The van der Waals surface area contributed by atoms with E-state index in [1.807, 2.05) is 18.2 Å². The van der Waals surface area contributed by atoms with Crippen molar-refractivity contribution in [1.29, 1.82) is 0 Å². The quantitative estimate of drug-likeness (QED) is 0.625. The van der Waals surface area contributed by atoms with Gasteiger partial charge in [0.25, 0.3) is 0 Å². The van der Waals surface area contributed by atoms with E-state index in [4.69, 9.17) is 0 Å². The Hall–Kier alpha value is -2.36. The van der Waals surface area contributed by atoms with Crippen LogP contribution in [0.3, 0.4) is 0 Å². The molecular formula is C15H15N5O2S2. The molecule has 0 saturated heterocycles. The van der Waals surface area contributed by atoms with Crippen LogP contribution in [0, 0.1) is 0 Å². The van der Waals surface area contributed by atoms with Crippen molar-refractivity contribution in [2.75, 3.05) is 18.4 Å². The van der Waals surface area contributed by atoms with Crippen LogP contribution in [0.2, 0.25) is 0 Å². The van der Waals surface area contributed by atoms with E-state index < -0.39 is 10.0 Å². The molecule has 7 nitrogen and oxygen atoms in total. The predicted octanol–water partition coefficient (Wildman–Crippen LogP) is 1.99. The highest BCUT2D eigenvalue weighted by atomic mass is 32.2. The number of aromatic nitrogens is 3. The van der Waals surface area contributed by atoms with Crippen LogP contribution in [-0.4, -0.2) is 36.7 Å². The summed E-state index contributed by atoms with van der Waals surface area (Å²) in [5, 5.41) is 12.5. The van der Waals surface area contributed by atoms with Crippen LogP contribution in [0.15, 0.2) is 59.6 Å². The third-order valence-corrected chi connectivity index (χ3v) is 5.44. The molecule has 0 aliphatic heterocycles. The van der Waals surface area contributed by atoms with Crippen molar-refractivity contribution in [2.45, 2.75) is 4.90 Å². The zero-order chi connectivity index (χ0) is 16.8. The number of benzene rings is 1. The highest BCUT2D eigenvalue weighted by molar-refractivity contribution is 7.89. The Morgan fingerprint density at radius 2 is 1.75 bits per heavy atom. The van der Waals surface area contributed by atoms with E-state index in [1.54, 1.807) is 36.5 Å². The van der Waals surface area contributed by atoms with Crippen LogP contribution in [0.4, 0.5) is 5.13 Å². The minimum absolute atomic E-state index is 0.246. The zero-order valence-corrected chi connectivity index (χ0v) is 14.2. The van der Waals surface area contributed by atoms with Crippen molar-refractivity contribution in [2.24, 2.45) is 0 Å². The van der Waals surface area contributed by atoms with Crippen molar-refractivity contribution >= 4 is 26.5 Å². The van der Waals surface area contributed by atoms with E-state index in [-0.39, 0.29) is 11.4 Å². The second-order valence-corrected chi connectivity index (χ2v) is 7.51. The van der Waals surface area contributed by atoms with Gasteiger partial charge >= 0.3 is 0 Å². The van der Waals surface area contributed by atoms with Gasteiger partial charge in [0.1, 0.15) is 5.69 Å². The average Bonchev–Trinajstić information content (AvgIpc) is 3.09. The maximum atomic E-state index is 12.1. The van der Waals surface area contributed by atoms with Gasteiger partial charge in [-0.3, -0.25) is 4.98 Å². The summed E-state index contributed by atoms with van der Waals surface area (Å²) in [4.78, 5) is 4.46. The molecule has 24 heavy (non-hydrogen) atoms. The number of nitrogens with zero attached hydrogens (tertiary/aromatic N) is 3. The molecule has 0 amide bonds. The highest BCUT2D eigenvalue weighted by Gasteiger charge is 2.12. The fourth-order valence-electron chi connectivity index (χ4n) is 1.93. The molecule has 0 aliphatic carbocycles. The summed E-state index contributed by atoms with van der Waals surface area (Å²) in [6.07, 6.45) is 1.70. The molecule has 2 heterocycles. The van der Waals surface area contributed by atoms with Gasteiger partial charge in [-0.1, -0.05) is 35.6 Å². The first-order chi connectivity index (χ1) is 11.6. The lowest BCUT2D eigenvalue weighted by molar-refractivity contribution is 0.583. The van der Waals surface area contributed by atoms with Crippen LogP contribution in [0.1, 0.15) is 0 Å².